The average molecular weight is 342 g/mol. The molecule has 1 heterocycles. The molecule has 0 bridgehead atoms. The van der Waals surface area contributed by atoms with Gasteiger partial charge in [-0.05, 0) is 60.4 Å². The van der Waals surface area contributed by atoms with Crippen molar-refractivity contribution in [2.75, 3.05) is 5.32 Å². The van der Waals surface area contributed by atoms with Gasteiger partial charge in [0.15, 0.2) is 0 Å². The average Bonchev–Trinajstić information content (AvgIpc) is 2.33. The number of hydrogen-bond acceptors (Lipinski definition) is 2. The lowest BCUT2D eigenvalue weighted by Crippen LogP contribution is -2.13. The molecule has 1 aliphatic rings. The van der Waals surface area contributed by atoms with Crippen molar-refractivity contribution in [1.29, 1.82) is 0 Å². The summed E-state index contributed by atoms with van der Waals surface area (Å²) in [4.78, 5) is 15.9. The molecule has 1 aromatic heterocycles. The minimum Gasteiger partial charge on any atom is -0.310 e. The topological polar surface area (TPSA) is 42.0 Å². The van der Waals surface area contributed by atoms with Crippen LogP contribution in [0.25, 0.3) is 0 Å². The van der Waals surface area contributed by atoms with E-state index in [0.717, 1.165) is 16.4 Å². The van der Waals surface area contributed by atoms with Gasteiger partial charge in [0.1, 0.15) is 5.82 Å². The van der Waals surface area contributed by atoms with Crippen molar-refractivity contribution in [2.24, 2.45) is 0 Å². The predicted octanol–water partition coefficient (Wildman–Crippen LogP) is 3.52. The third-order valence-electron chi connectivity index (χ3n) is 2.77. The molecular formula is C13H15IN2O. The summed E-state index contributed by atoms with van der Waals surface area (Å²) in [6, 6.07) is 3.76. The Labute approximate surface area is 115 Å². The summed E-state index contributed by atoms with van der Waals surface area (Å²) in [5.74, 6) is 0.665. The van der Waals surface area contributed by atoms with Gasteiger partial charge in [-0.15, -0.1) is 0 Å². The second-order valence-corrected chi connectivity index (χ2v) is 5.44. The summed E-state index contributed by atoms with van der Waals surface area (Å²) >= 11 is 2.19. The van der Waals surface area contributed by atoms with E-state index >= 15 is 0 Å². The number of carbonyl (C=O) groups excluding carboxylic acids is 1. The lowest BCUT2D eigenvalue weighted by Gasteiger charge is -2.12. The Morgan fingerprint density at radius 1 is 1.41 bits per heavy atom. The van der Waals surface area contributed by atoms with Gasteiger partial charge in [0.25, 0.3) is 0 Å². The molecule has 0 unspecified atom stereocenters. The minimum atomic E-state index is 0.0341. The van der Waals surface area contributed by atoms with Crippen LogP contribution in [0, 0.1) is 3.57 Å². The quantitative estimate of drug-likeness (QED) is 0.675. The smallest absolute Gasteiger partial charge is 0.229 e. The lowest BCUT2D eigenvalue weighted by atomic mass is 9.97. The Morgan fingerprint density at radius 3 is 2.94 bits per heavy atom. The highest BCUT2D eigenvalue weighted by atomic mass is 127. The summed E-state index contributed by atoms with van der Waals surface area (Å²) in [6.07, 6.45) is 9.09. The maximum atomic E-state index is 11.8. The standard InChI is InChI=1S/C13H15IN2O/c14-11-6-7-12(15-9-11)16-13(17)8-10-4-2-1-3-5-10/h4,6-7,9H,1-3,5,8H2,(H,15,16,17). The number of nitrogens with zero attached hydrogens (tertiary/aromatic N) is 1. The van der Waals surface area contributed by atoms with E-state index in [2.05, 4.69) is 39.0 Å². The fraction of sp³-hybridized carbons (Fsp3) is 0.385. The molecule has 1 amide bonds. The normalized spacial score (nSPS) is 15.2. The van der Waals surface area contributed by atoms with E-state index < -0.39 is 0 Å². The Kier molecular flexibility index (Phi) is 4.53. The third kappa shape index (κ3) is 4.11. The van der Waals surface area contributed by atoms with Crippen molar-refractivity contribution in [3.63, 3.8) is 0 Å². The zero-order valence-electron chi connectivity index (χ0n) is 9.58. The number of anilines is 1. The summed E-state index contributed by atoms with van der Waals surface area (Å²) in [6.45, 7) is 0. The summed E-state index contributed by atoms with van der Waals surface area (Å²) in [7, 11) is 0. The van der Waals surface area contributed by atoms with E-state index in [9.17, 15) is 4.79 Å². The van der Waals surface area contributed by atoms with Crippen molar-refractivity contribution in [3.05, 3.63) is 33.5 Å². The van der Waals surface area contributed by atoms with Crippen molar-refractivity contribution >= 4 is 34.3 Å². The van der Waals surface area contributed by atoms with Gasteiger partial charge < -0.3 is 5.32 Å². The molecule has 0 aromatic carbocycles. The van der Waals surface area contributed by atoms with Crippen LogP contribution in [0.1, 0.15) is 32.1 Å². The first-order chi connectivity index (χ1) is 8.24. The fourth-order valence-corrected chi connectivity index (χ4v) is 2.23. The molecule has 0 fully saturated rings. The molecule has 0 saturated heterocycles. The van der Waals surface area contributed by atoms with Gasteiger partial charge in [0.05, 0.1) is 0 Å². The van der Waals surface area contributed by atoms with Crippen LogP contribution in [-0.2, 0) is 4.79 Å². The van der Waals surface area contributed by atoms with E-state index in [4.69, 9.17) is 0 Å². The van der Waals surface area contributed by atoms with Gasteiger partial charge in [0.2, 0.25) is 5.91 Å². The number of rotatable bonds is 3. The Morgan fingerprint density at radius 2 is 2.29 bits per heavy atom. The molecule has 0 spiro atoms. The van der Waals surface area contributed by atoms with Crippen molar-refractivity contribution < 1.29 is 4.79 Å². The molecule has 0 atom stereocenters. The van der Waals surface area contributed by atoms with Gasteiger partial charge in [0, 0.05) is 16.2 Å². The first-order valence-corrected chi connectivity index (χ1v) is 6.91. The van der Waals surface area contributed by atoms with E-state index in [1.54, 1.807) is 6.20 Å². The van der Waals surface area contributed by atoms with Crippen LogP contribution in [0.4, 0.5) is 5.82 Å². The zero-order chi connectivity index (χ0) is 12.1. The number of nitrogens with one attached hydrogen (secondary N) is 1. The number of pyridine rings is 1. The molecule has 2 rings (SSSR count). The number of aromatic nitrogens is 1. The molecule has 17 heavy (non-hydrogen) atoms. The lowest BCUT2D eigenvalue weighted by molar-refractivity contribution is -0.115. The molecule has 1 N–H and O–H groups in total. The minimum absolute atomic E-state index is 0.0341. The number of allylic oxidation sites excluding steroid dienone is 1. The van der Waals surface area contributed by atoms with Crippen LogP contribution < -0.4 is 5.32 Å². The summed E-state index contributed by atoms with van der Waals surface area (Å²) in [5.41, 5.74) is 1.26. The van der Waals surface area contributed by atoms with E-state index in [1.165, 1.54) is 18.4 Å². The van der Waals surface area contributed by atoms with Crippen molar-refractivity contribution in [2.45, 2.75) is 32.1 Å². The molecule has 3 nitrogen and oxygen atoms in total. The Balaban J connectivity index is 1.88. The van der Waals surface area contributed by atoms with Crippen molar-refractivity contribution in [1.82, 2.24) is 4.98 Å². The van der Waals surface area contributed by atoms with Crippen LogP contribution >= 0.6 is 22.6 Å². The molecule has 90 valence electrons. The second-order valence-electron chi connectivity index (χ2n) is 4.19. The molecule has 0 aliphatic heterocycles. The van der Waals surface area contributed by atoms with Gasteiger partial charge in [-0.2, -0.15) is 0 Å². The predicted molar refractivity (Wildman–Crippen MR) is 76.8 cm³/mol. The number of carbonyl (C=O) groups is 1. The van der Waals surface area contributed by atoms with Crippen LogP contribution in [0.15, 0.2) is 30.0 Å². The van der Waals surface area contributed by atoms with Crippen molar-refractivity contribution in [3.8, 4) is 0 Å². The number of amides is 1. The van der Waals surface area contributed by atoms with Gasteiger partial charge in [-0.1, -0.05) is 11.6 Å². The maximum absolute atomic E-state index is 11.8. The molecule has 4 heteroatoms. The van der Waals surface area contributed by atoms with Crippen LogP contribution in [-0.4, -0.2) is 10.9 Å². The first kappa shape index (κ1) is 12.5. The Hall–Kier alpha value is -0.910. The highest BCUT2D eigenvalue weighted by Crippen LogP contribution is 2.20. The highest BCUT2D eigenvalue weighted by Gasteiger charge is 2.09. The van der Waals surface area contributed by atoms with Crippen LogP contribution in [0.3, 0.4) is 0 Å². The van der Waals surface area contributed by atoms with Gasteiger partial charge in [-0.3, -0.25) is 4.79 Å². The van der Waals surface area contributed by atoms with Crippen LogP contribution in [0.5, 0.6) is 0 Å². The monoisotopic (exact) mass is 342 g/mol. The number of hydrogen-bond donors (Lipinski definition) is 1. The Bertz CT molecular complexity index is 426. The zero-order valence-corrected chi connectivity index (χ0v) is 11.7. The van der Waals surface area contributed by atoms with E-state index in [-0.39, 0.29) is 5.91 Å². The van der Waals surface area contributed by atoms with Gasteiger partial charge in [-0.25, -0.2) is 4.98 Å². The van der Waals surface area contributed by atoms with Crippen LogP contribution in [0.2, 0.25) is 0 Å². The largest absolute Gasteiger partial charge is 0.310 e. The third-order valence-corrected chi connectivity index (χ3v) is 3.41. The van der Waals surface area contributed by atoms with Gasteiger partial charge >= 0.3 is 0 Å². The highest BCUT2D eigenvalue weighted by molar-refractivity contribution is 14.1. The summed E-state index contributed by atoms with van der Waals surface area (Å²) < 4.78 is 1.07. The first-order valence-electron chi connectivity index (χ1n) is 5.83. The SMILES string of the molecule is O=C(CC1=CCCCC1)Nc1ccc(I)cn1. The molecule has 1 aromatic rings. The van der Waals surface area contributed by atoms with E-state index in [1.807, 2.05) is 12.1 Å². The molecule has 0 saturated carbocycles. The molecule has 1 aliphatic carbocycles. The second kappa shape index (κ2) is 6.14. The summed E-state index contributed by atoms with van der Waals surface area (Å²) in [5, 5.41) is 2.82. The molecule has 0 radical (unpaired) electrons. The molecular weight excluding hydrogens is 327 g/mol. The fourth-order valence-electron chi connectivity index (χ4n) is 1.91. The number of halogens is 1. The van der Waals surface area contributed by atoms with E-state index in [0.29, 0.717) is 12.2 Å². The maximum Gasteiger partial charge on any atom is 0.229 e.